The van der Waals surface area contributed by atoms with Crippen LogP contribution in [0.4, 0.5) is 13.2 Å². The summed E-state index contributed by atoms with van der Waals surface area (Å²) in [6.07, 6.45) is -4.55. The van der Waals surface area contributed by atoms with Crippen molar-refractivity contribution in [1.82, 2.24) is 15.1 Å². The van der Waals surface area contributed by atoms with Crippen LogP contribution in [-0.2, 0) is 15.7 Å². The summed E-state index contributed by atoms with van der Waals surface area (Å²) >= 11 is 0. The van der Waals surface area contributed by atoms with Crippen LogP contribution in [-0.4, -0.2) is 34.8 Å². The molecule has 0 fully saturated rings. The van der Waals surface area contributed by atoms with Crippen LogP contribution in [0.5, 0.6) is 0 Å². The summed E-state index contributed by atoms with van der Waals surface area (Å²) in [6, 6.07) is 5.38. The highest BCUT2D eigenvalue weighted by Gasteiger charge is 2.30. The minimum absolute atomic E-state index is 0.0294. The van der Waals surface area contributed by atoms with Gasteiger partial charge in [0.25, 0.3) is 5.91 Å². The molecule has 0 bridgehead atoms. The number of carbonyl (C=O) groups excluding carboxylic acids is 2. The van der Waals surface area contributed by atoms with Gasteiger partial charge in [-0.2, -0.15) is 18.3 Å². The fraction of sp³-hybridized carbons (Fsp3) is 0.294. The zero-order valence-corrected chi connectivity index (χ0v) is 14.5. The number of hydrogen-bond donors (Lipinski definition) is 1. The van der Waals surface area contributed by atoms with Gasteiger partial charge in [-0.1, -0.05) is 6.07 Å². The van der Waals surface area contributed by atoms with Crippen LogP contribution in [0.1, 0.15) is 28.7 Å². The first-order valence-corrected chi connectivity index (χ1v) is 7.86. The van der Waals surface area contributed by atoms with Gasteiger partial charge in [0.1, 0.15) is 6.54 Å². The number of nitrogens with one attached hydrogen (secondary N) is 1. The number of ether oxygens (including phenoxy) is 1. The molecule has 1 aromatic carbocycles. The van der Waals surface area contributed by atoms with Crippen molar-refractivity contribution in [3.8, 4) is 5.69 Å². The molecule has 0 atom stereocenters. The Morgan fingerprint density at radius 2 is 1.96 bits per heavy atom. The van der Waals surface area contributed by atoms with Crippen molar-refractivity contribution < 1.29 is 27.5 Å². The number of amides is 1. The van der Waals surface area contributed by atoms with E-state index >= 15 is 0 Å². The van der Waals surface area contributed by atoms with E-state index in [1.165, 1.54) is 19.1 Å². The van der Waals surface area contributed by atoms with Gasteiger partial charge in [0, 0.05) is 11.8 Å². The van der Waals surface area contributed by atoms with Crippen molar-refractivity contribution in [2.75, 3.05) is 13.2 Å². The Kier molecular flexibility index (Phi) is 5.98. The zero-order valence-electron chi connectivity index (χ0n) is 14.5. The lowest BCUT2D eigenvalue weighted by Gasteiger charge is -2.13. The van der Waals surface area contributed by atoms with E-state index in [2.05, 4.69) is 15.2 Å². The number of benzene rings is 1. The number of esters is 1. The first kappa shape index (κ1) is 20.1. The molecule has 0 aliphatic heterocycles. The second kappa shape index (κ2) is 8.02. The Hall–Kier alpha value is -3.17. The van der Waals surface area contributed by atoms with Crippen LogP contribution < -0.4 is 10.7 Å². The Labute approximate surface area is 151 Å². The third-order valence-corrected chi connectivity index (χ3v) is 3.44. The summed E-state index contributed by atoms with van der Waals surface area (Å²) in [5.74, 6) is -1.63. The predicted octanol–water partition coefficient (Wildman–Crippen LogP) is 1.85. The maximum atomic E-state index is 12.9. The van der Waals surface area contributed by atoms with Crippen LogP contribution in [0.3, 0.4) is 0 Å². The predicted molar refractivity (Wildman–Crippen MR) is 88.5 cm³/mol. The third-order valence-electron chi connectivity index (χ3n) is 3.44. The van der Waals surface area contributed by atoms with Gasteiger partial charge in [-0.25, -0.2) is 4.68 Å². The van der Waals surface area contributed by atoms with Gasteiger partial charge < -0.3 is 10.1 Å². The molecule has 0 saturated heterocycles. The minimum atomic E-state index is -4.55. The molecule has 1 aromatic heterocycles. The van der Waals surface area contributed by atoms with Crippen molar-refractivity contribution in [2.24, 2.45) is 0 Å². The van der Waals surface area contributed by atoms with Crippen molar-refractivity contribution in [3.63, 3.8) is 0 Å². The summed E-state index contributed by atoms with van der Waals surface area (Å²) in [5, 5.41) is 6.05. The van der Waals surface area contributed by atoms with E-state index in [0.29, 0.717) is 0 Å². The van der Waals surface area contributed by atoms with Crippen LogP contribution in [0.15, 0.2) is 35.1 Å². The van der Waals surface area contributed by atoms with E-state index in [1.54, 1.807) is 6.92 Å². The number of aryl methyl sites for hydroxylation is 1. The summed E-state index contributed by atoms with van der Waals surface area (Å²) in [5.41, 5.74) is -1.91. The van der Waals surface area contributed by atoms with Crippen molar-refractivity contribution >= 4 is 11.9 Å². The number of aromatic nitrogens is 2. The van der Waals surface area contributed by atoms with Gasteiger partial charge in [-0.15, -0.1) is 0 Å². The highest BCUT2D eigenvalue weighted by molar-refractivity contribution is 5.94. The van der Waals surface area contributed by atoms with Gasteiger partial charge in [0.15, 0.2) is 5.69 Å². The summed E-state index contributed by atoms with van der Waals surface area (Å²) in [7, 11) is 0. The minimum Gasteiger partial charge on any atom is -0.465 e. The lowest BCUT2D eigenvalue weighted by molar-refractivity contribution is -0.142. The first-order valence-electron chi connectivity index (χ1n) is 7.86. The Morgan fingerprint density at radius 1 is 1.26 bits per heavy atom. The van der Waals surface area contributed by atoms with Crippen molar-refractivity contribution in [3.05, 3.63) is 57.5 Å². The van der Waals surface area contributed by atoms with Gasteiger partial charge in [-0.3, -0.25) is 14.4 Å². The molecule has 0 radical (unpaired) electrons. The monoisotopic (exact) mass is 383 g/mol. The van der Waals surface area contributed by atoms with Crippen LogP contribution >= 0.6 is 0 Å². The fourth-order valence-electron chi connectivity index (χ4n) is 2.23. The molecule has 10 heteroatoms. The van der Waals surface area contributed by atoms with Gasteiger partial charge in [-0.05, 0) is 32.0 Å². The molecule has 2 aromatic rings. The van der Waals surface area contributed by atoms with E-state index in [1.807, 2.05) is 0 Å². The highest BCUT2D eigenvalue weighted by Crippen LogP contribution is 2.30. The number of hydrogen-bond acceptors (Lipinski definition) is 5. The standard InChI is InChI=1S/C17H16F3N3O4/c1-3-27-14(25)9-21-16(26)15-13(24)7-10(2)23(22-15)12-6-4-5-11(8-12)17(18,19)20/h4-8H,3,9H2,1-2H3,(H,21,26). The van der Waals surface area contributed by atoms with Gasteiger partial charge in [0.2, 0.25) is 5.43 Å². The molecular weight excluding hydrogens is 367 g/mol. The van der Waals surface area contributed by atoms with Gasteiger partial charge >= 0.3 is 12.1 Å². The summed E-state index contributed by atoms with van der Waals surface area (Å²) < 4.78 is 44.4. The second-order valence-electron chi connectivity index (χ2n) is 5.45. The Morgan fingerprint density at radius 3 is 2.59 bits per heavy atom. The molecule has 1 amide bonds. The van der Waals surface area contributed by atoms with Gasteiger partial charge in [0.05, 0.1) is 17.9 Å². The number of rotatable bonds is 5. The molecular formula is C17H16F3N3O4. The molecule has 27 heavy (non-hydrogen) atoms. The molecule has 0 aliphatic rings. The molecule has 144 valence electrons. The molecule has 0 saturated carbocycles. The SMILES string of the molecule is CCOC(=O)CNC(=O)c1nn(-c2cccc(C(F)(F)F)c2)c(C)cc1=O. The number of nitrogens with zero attached hydrogens (tertiary/aromatic N) is 2. The quantitative estimate of drug-likeness (QED) is 0.796. The normalized spacial score (nSPS) is 11.1. The summed E-state index contributed by atoms with van der Waals surface area (Å²) in [6.45, 7) is 2.72. The largest absolute Gasteiger partial charge is 0.465 e. The number of carbonyl (C=O) groups is 2. The average Bonchev–Trinajstić information content (AvgIpc) is 2.59. The maximum absolute atomic E-state index is 12.9. The average molecular weight is 383 g/mol. The van der Waals surface area contributed by atoms with Crippen LogP contribution in [0.25, 0.3) is 5.69 Å². The lowest BCUT2D eigenvalue weighted by atomic mass is 10.2. The molecule has 0 spiro atoms. The first-order chi connectivity index (χ1) is 12.6. The molecule has 1 heterocycles. The van der Waals surface area contributed by atoms with Crippen LogP contribution in [0, 0.1) is 6.92 Å². The Balaban J connectivity index is 2.38. The van der Waals surface area contributed by atoms with Crippen molar-refractivity contribution in [1.29, 1.82) is 0 Å². The second-order valence-corrected chi connectivity index (χ2v) is 5.45. The molecule has 2 rings (SSSR count). The van der Waals surface area contributed by atoms with E-state index in [-0.39, 0.29) is 18.0 Å². The Bertz CT molecular complexity index is 922. The maximum Gasteiger partial charge on any atom is 0.416 e. The molecule has 0 aliphatic carbocycles. The fourth-order valence-corrected chi connectivity index (χ4v) is 2.23. The number of alkyl halides is 3. The van der Waals surface area contributed by atoms with Crippen molar-refractivity contribution in [2.45, 2.75) is 20.0 Å². The highest BCUT2D eigenvalue weighted by atomic mass is 19.4. The third kappa shape index (κ3) is 4.93. The van der Waals surface area contributed by atoms with E-state index in [4.69, 9.17) is 0 Å². The zero-order chi connectivity index (χ0) is 20.2. The van der Waals surface area contributed by atoms with E-state index < -0.39 is 41.3 Å². The van der Waals surface area contributed by atoms with E-state index in [9.17, 15) is 27.6 Å². The summed E-state index contributed by atoms with van der Waals surface area (Å²) in [4.78, 5) is 35.4. The molecule has 0 unspecified atom stereocenters. The lowest BCUT2D eigenvalue weighted by Crippen LogP contribution is -2.35. The molecule has 7 nitrogen and oxygen atoms in total. The van der Waals surface area contributed by atoms with Crippen LogP contribution in [0.2, 0.25) is 0 Å². The molecule has 1 N–H and O–H groups in total. The number of halogens is 3. The topological polar surface area (TPSA) is 90.3 Å². The van der Waals surface area contributed by atoms with E-state index in [0.717, 1.165) is 22.9 Å². The smallest absolute Gasteiger partial charge is 0.416 e.